The molecule has 2 unspecified atom stereocenters. The number of hydrogen-bond acceptors (Lipinski definition) is 2. The maximum Gasteiger partial charge on any atom is 0.328 e. The van der Waals surface area contributed by atoms with Crippen molar-refractivity contribution in [1.29, 1.82) is 0 Å². The standard InChI is InChI=1S/C15H21NO2/c1-10-4-8-13(9-5-10)15(3,14(17)18)16-11(2)12-6-7-12/h4-5,8-9,11-12,16H,6-7H2,1-3H3,(H,17,18). The number of aryl methyl sites for hydroxylation is 1. The van der Waals surface area contributed by atoms with E-state index in [1.807, 2.05) is 31.2 Å². The van der Waals surface area contributed by atoms with Gasteiger partial charge < -0.3 is 5.11 Å². The van der Waals surface area contributed by atoms with E-state index in [-0.39, 0.29) is 6.04 Å². The van der Waals surface area contributed by atoms with E-state index < -0.39 is 11.5 Å². The molecule has 1 aromatic carbocycles. The molecule has 0 amide bonds. The normalized spacial score (nSPS) is 20.2. The van der Waals surface area contributed by atoms with Crippen LogP contribution in [0.1, 0.15) is 37.8 Å². The average Bonchev–Trinajstić information content (AvgIpc) is 3.13. The Morgan fingerprint density at radius 3 is 2.39 bits per heavy atom. The van der Waals surface area contributed by atoms with E-state index in [2.05, 4.69) is 12.2 Å². The van der Waals surface area contributed by atoms with Crippen molar-refractivity contribution in [2.75, 3.05) is 0 Å². The minimum atomic E-state index is -1.00. The molecule has 0 aromatic heterocycles. The molecule has 0 heterocycles. The maximum atomic E-state index is 11.6. The first kappa shape index (κ1) is 13.1. The van der Waals surface area contributed by atoms with Crippen molar-refractivity contribution in [3.63, 3.8) is 0 Å². The second-order valence-corrected chi connectivity index (χ2v) is 5.57. The fraction of sp³-hybridized carbons (Fsp3) is 0.533. The fourth-order valence-electron chi connectivity index (χ4n) is 2.32. The Labute approximate surface area is 108 Å². The van der Waals surface area contributed by atoms with E-state index in [0.29, 0.717) is 5.92 Å². The summed E-state index contributed by atoms with van der Waals surface area (Å²) in [6.45, 7) is 5.83. The molecule has 2 N–H and O–H groups in total. The molecule has 0 spiro atoms. The monoisotopic (exact) mass is 247 g/mol. The van der Waals surface area contributed by atoms with Crippen LogP contribution >= 0.6 is 0 Å². The van der Waals surface area contributed by atoms with Crippen LogP contribution in [-0.4, -0.2) is 17.1 Å². The highest BCUT2D eigenvalue weighted by Crippen LogP contribution is 2.34. The zero-order valence-corrected chi connectivity index (χ0v) is 11.2. The average molecular weight is 247 g/mol. The number of carboxylic acid groups (broad SMARTS) is 1. The molecule has 1 aliphatic rings. The van der Waals surface area contributed by atoms with Crippen LogP contribution in [0.5, 0.6) is 0 Å². The van der Waals surface area contributed by atoms with Gasteiger partial charge >= 0.3 is 5.97 Å². The van der Waals surface area contributed by atoms with Crippen LogP contribution in [0, 0.1) is 12.8 Å². The topological polar surface area (TPSA) is 49.3 Å². The van der Waals surface area contributed by atoms with E-state index in [4.69, 9.17) is 0 Å². The number of carboxylic acids is 1. The minimum Gasteiger partial charge on any atom is -0.480 e. The fourth-order valence-corrected chi connectivity index (χ4v) is 2.32. The van der Waals surface area contributed by atoms with Gasteiger partial charge in [-0.2, -0.15) is 0 Å². The van der Waals surface area contributed by atoms with Crippen molar-refractivity contribution < 1.29 is 9.90 Å². The molecule has 2 atom stereocenters. The summed E-state index contributed by atoms with van der Waals surface area (Å²) in [6, 6.07) is 7.96. The van der Waals surface area contributed by atoms with Gasteiger partial charge in [0.25, 0.3) is 0 Å². The molecule has 0 aliphatic heterocycles. The first-order valence-corrected chi connectivity index (χ1v) is 6.51. The van der Waals surface area contributed by atoms with Crippen molar-refractivity contribution in [2.24, 2.45) is 5.92 Å². The Morgan fingerprint density at radius 2 is 1.94 bits per heavy atom. The molecule has 18 heavy (non-hydrogen) atoms. The Hall–Kier alpha value is -1.35. The molecule has 1 saturated carbocycles. The lowest BCUT2D eigenvalue weighted by molar-refractivity contribution is -0.145. The van der Waals surface area contributed by atoms with Gasteiger partial charge in [0.05, 0.1) is 0 Å². The summed E-state index contributed by atoms with van der Waals surface area (Å²) < 4.78 is 0. The summed E-state index contributed by atoms with van der Waals surface area (Å²) in [5.74, 6) is -0.187. The zero-order chi connectivity index (χ0) is 13.3. The van der Waals surface area contributed by atoms with Crippen molar-refractivity contribution in [3.05, 3.63) is 35.4 Å². The Bertz CT molecular complexity index is 436. The number of nitrogens with one attached hydrogen (secondary N) is 1. The highest BCUT2D eigenvalue weighted by molar-refractivity contribution is 5.80. The van der Waals surface area contributed by atoms with Crippen LogP contribution in [-0.2, 0) is 10.3 Å². The number of rotatable bonds is 5. The second kappa shape index (κ2) is 4.73. The highest BCUT2D eigenvalue weighted by atomic mass is 16.4. The molecule has 3 heteroatoms. The molecule has 0 saturated heterocycles. The van der Waals surface area contributed by atoms with Crippen LogP contribution < -0.4 is 5.32 Å². The summed E-state index contributed by atoms with van der Waals surface area (Å²) in [4.78, 5) is 11.6. The summed E-state index contributed by atoms with van der Waals surface area (Å²) in [7, 11) is 0. The van der Waals surface area contributed by atoms with Gasteiger partial charge in [-0.1, -0.05) is 29.8 Å². The quantitative estimate of drug-likeness (QED) is 0.841. The van der Waals surface area contributed by atoms with E-state index in [1.165, 1.54) is 12.8 Å². The molecule has 0 radical (unpaired) electrons. The Balaban J connectivity index is 2.24. The van der Waals surface area contributed by atoms with Gasteiger partial charge in [0, 0.05) is 6.04 Å². The SMILES string of the molecule is Cc1ccc(C(C)(NC(C)C2CC2)C(=O)O)cc1. The number of carbonyl (C=O) groups is 1. The van der Waals surface area contributed by atoms with E-state index >= 15 is 0 Å². The third-order valence-electron chi connectivity index (χ3n) is 3.90. The number of hydrogen-bond donors (Lipinski definition) is 2. The molecule has 1 aliphatic carbocycles. The predicted molar refractivity (Wildman–Crippen MR) is 71.5 cm³/mol. The van der Waals surface area contributed by atoms with Crippen molar-refractivity contribution in [2.45, 2.75) is 45.2 Å². The van der Waals surface area contributed by atoms with Crippen molar-refractivity contribution in [1.82, 2.24) is 5.32 Å². The molecule has 1 aromatic rings. The van der Waals surface area contributed by atoms with Gasteiger partial charge in [-0.15, -0.1) is 0 Å². The zero-order valence-electron chi connectivity index (χ0n) is 11.2. The predicted octanol–water partition coefficient (Wildman–Crippen LogP) is 2.68. The lowest BCUT2D eigenvalue weighted by Crippen LogP contribution is -2.51. The summed E-state index contributed by atoms with van der Waals surface area (Å²) in [6.07, 6.45) is 2.41. The minimum absolute atomic E-state index is 0.243. The van der Waals surface area contributed by atoms with Crippen LogP contribution in [0.4, 0.5) is 0 Å². The largest absolute Gasteiger partial charge is 0.480 e. The Morgan fingerprint density at radius 1 is 1.39 bits per heavy atom. The van der Waals surface area contributed by atoms with Gasteiger partial charge in [0.15, 0.2) is 0 Å². The third-order valence-corrected chi connectivity index (χ3v) is 3.90. The molecule has 3 nitrogen and oxygen atoms in total. The van der Waals surface area contributed by atoms with E-state index in [0.717, 1.165) is 11.1 Å². The van der Waals surface area contributed by atoms with Gasteiger partial charge in [-0.3, -0.25) is 5.32 Å². The van der Waals surface area contributed by atoms with Crippen LogP contribution in [0.3, 0.4) is 0 Å². The first-order chi connectivity index (χ1) is 8.43. The molecule has 0 bridgehead atoms. The molecular weight excluding hydrogens is 226 g/mol. The smallest absolute Gasteiger partial charge is 0.328 e. The lowest BCUT2D eigenvalue weighted by Gasteiger charge is -2.30. The van der Waals surface area contributed by atoms with Crippen molar-refractivity contribution in [3.8, 4) is 0 Å². The number of aliphatic carboxylic acids is 1. The van der Waals surface area contributed by atoms with Gasteiger partial charge in [0.1, 0.15) is 5.54 Å². The van der Waals surface area contributed by atoms with Gasteiger partial charge in [-0.05, 0) is 45.1 Å². The summed E-state index contributed by atoms with van der Waals surface area (Å²) in [5.41, 5.74) is 0.949. The second-order valence-electron chi connectivity index (χ2n) is 5.57. The van der Waals surface area contributed by atoms with Gasteiger partial charge in [-0.25, -0.2) is 4.79 Å². The molecule has 2 rings (SSSR count). The highest BCUT2D eigenvalue weighted by Gasteiger charge is 2.39. The number of benzene rings is 1. The third kappa shape index (κ3) is 2.56. The van der Waals surface area contributed by atoms with Crippen LogP contribution in [0.25, 0.3) is 0 Å². The van der Waals surface area contributed by atoms with Crippen LogP contribution in [0.15, 0.2) is 24.3 Å². The molecule has 1 fully saturated rings. The van der Waals surface area contributed by atoms with Crippen LogP contribution in [0.2, 0.25) is 0 Å². The Kier molecular flexibility index (Phi) is 3.44. The van der Waals surface area contributed by atoms with Crippen molar-refractivity contribution >= 4 is 5.97 Å². The van der Waals surface area contributed by atoms with Gasteiger partial charge in [0.2, 0.25) is 0 Å². The molecular formula is C15H21NO2. The van der Waals surface area contributed by atoms with E-state index in [9.17, 15) is 9.90 Å². The maximum absolute atomic E-state index is 11.6. The summed E-state index contributed by atoms with van der Waals surface area (Å²) >= 11 is 0. The summed E-state index contributed by atoms with van der Waals surface area (Å²) in [5, 5.41) is 12.8. The first-order valence-electron chi connectivity index (χ1n) is 6.51. The molecule has 98 valence electrons. The van der Waals surface area contributed by atoms with E-state index in [1.54, 1.807) is 6.92 Å². The lowest BCUT2D eigenvalue weighted by atomic mass is 9.90.